The van der Waals surface area contributed by atoms with Gasteiger partial charge in [-0.25, -0.2) is 9.97 Å². The van der Waals surface area contributed by atoms with Crippen molar-refractivity contribution < 1.29 is 4.79 Å². The zero-order chi connectivity index (χ0) is 20.4. The van der Waals surface area contributed by atoms with Gasteiger partial charge in [0.05, 0.1) is 11.2 Å². The largest absolute Gasteiger partial charge is 0.326 e. The van der Waals surface area contributed by atoms with Gasteiger partial charge in [0.15, 0.2) is 0 Å². The van der Waals surface area contributed by atoms with E-state index >= 15 is 0 Å². The summed E-state index contributed by atoms with van der Waals surface area (Å²) < 4.78 is 0. The van der Waals surface area contributed by atoms with Crippen LogP contribution in [-0.4, -0.2) is 38.1 Å². The number of carbonyl (C=O) groups excluding carboxylic acids is 1. The number of benzene rings is 2. The number of hydrogen-bond acceptors (Lipinski definition) is 7. The van der Waals surface area contributed by atoms with Gasteiger partial charge in [-0.2, -0.15) is 10.1 Å². The quantitative estimate of drug-likeness (QED) is 0.479. The summed E-state index contributed by atoms with van der Waals surface area (Å²) in [5, 5.41) is 14.2. The van der Waals surface area contributed by atoms with E-state index in [1.54, 1.807) is 12.1 Å². The highest BCUT2D eigenvalue weighted by Gasteiger charge is 2.11. The Balaban J connectivity index is 1.53. The number of aryl methyl sites for hydroxylation is 1. The molecule has 0 unspecified atom stereocenters. The van der Waals surface area contributed by atoms with E-state index < -0.39 is 0 Å². The Kier molecular flexibility index (Phi) is 4.78. The third kappa shape index (κ3) is 3.98. The van der Waals surface area contributed by atoms with Crippen LogP contribution in [0.5, 0.6) is 0 Å². The first-order valence-electron chi connectivity index (χ1n) is 9.02. The van der Waals surface area contributed by atoms with Crippen molar-refractivity contribution >= 4 is 45.8 Å². The molecule has 0 radical (unpaired) electrons. The van der Waals surface area contributed by atoms with E-state index in [1.165, 1.54) is 13.3 Å². The summed E-state index contributed by atoms with van der Waals surface area (Å²) in [6, 6.07) is 13.3. The fourth-order valence-corrected chi connectivity index (χ4v) is 2.95. The first-order valence-corrected chi connectivity index (χ1v) is 9.02. The van der Waals surface area contributed by atoms with Gasteiger partial charge in [0.1, 0.15) is 6.33 Å². The Morgan fingerprint density at radius 1 is 1.07 bits per heavy atom. The van der Waals surface area contributed by atoms with Crippen molar-refractivity contribution in [1.82, 2.24) is 25.1 Å². The summed E-state index contributed by atoms with van der Waals surface area (Å²) in [5.74, 6) is 0.819. The average Bonchev–Trinajstić information content (AvgIpc) is 3.09. The molecule has 0 fully saturated rings. The summed E-state index contributed by atoms with van der Waals surface area (Å²) in [5.41, 5.74) is 4.37. The van der Waals surface area contributed by atoms with Crippen molar-refractivity contribution in [3.8, 4) is 0 Å². The predicted molar refractivity (Wildman–Crippen MR) is 113 cm³/mol. The Hall–Kier alpha value is -4.01. The first kappa shape index (κ1) is 18.4. The third-order valence-corrected chi connectivity index (χ3v) is 4.44. The van der Waals surface area contributed by atoms with Gasteiger partial charge in [-0.05, 0) is 49.4 Å². The second-order valence-corrected chi connectivity index (χ2v) is 6.59. The summed E-state index contributed by atoms with van der Waals surface area (Å²) in [4.78, 5) is 26.0. The van der Waals surface area contributed by atoms with Crippen LogP contribution in [0.15, 0.2) is 48.8 Å². The van der Waals surface area contributed by atoms with Crippen LogP contribution in [-0.2, 0) is 4.79 Å². The van der Waals surface area contributed by atoms with Crippen LogP contribution in [0.3, 0.4) is 0 Å². The Morgan fingerprint density at radius 2 is 1.83 bits per heavy atom. The number of carbonyl (C=O) groups is 1. The molecule has 4 rings (SSSR count). The van der Waals surface area contributed by atoms with Gasteiger partial charge in [0.2, 0.25) is 17.8 Å². The summed E-state index contributed by atoms with van der Waals surface area (Å²) in [7, 11) is 1.89. The average molecular weight is 388 g/mol. The number of aromatic nitrogens is 5. The van der Waals surface area contributed by atoms with Crippen LogP contribution in [0.2, 0.25) is 0 Å². The zero-order valence-corrected chi connectivity index (χ0v) is 16.3. The molecular formula is C20H20N8O. The lowest BCUT2D eigenvalue weighted by molar-refractivity contribution is -0.114. The van der Waals surface area contributed by atoms with E-state index in [2.05, 4.69) is 35.8 Å². The van der Waals surface area contributed by atoms with Gasteiger partial charge in [0.25, 0.3) is 0 Å². The molecule has 1 amide bonds. The predicted octanol–water partition coefficient (Wildman–Crippen LogP) is 3.53. The Bertz CT molecular complexity index is 1170. The summed E-state index contributed by atoms with van der Waals surface area (Å²) >= 11 is 0. The van der Waals surface area contributed by atoms with Gasteiger partial charge >= 0.3 is 0 Å². The van der Waals surface area contributed by atoms with Gasteiger partial charge in [0, 0.05) is 36.4 Å². The Morgan fingerprint density at radius 3 is 2.59 bits per heavy atom. The standard InChI is InChI=1S/C20H20N8O/c1-12-17-9-8-16(10-18(17)27-26-12)28(3)20-22-11-21-19(25-20)24-15-6-4-14(5-7-15)23-13(2)29/h4-11H,1-3H3,(H,23,29)(H,26,27)(H,21,22,24,25). The number of rotatable bonds is 5. The fraction of sp³-hybridized carbons (Fsp3) is 0.150. The van der Waals surface area contributed by atoms with Crippen molar-refractivity contribution in [3.63, 3.8) is 0 Å². The van der Waals surface area contributed by atoms with Gasteiger partial charge in [-0.15, -0.1) is 0 Å². The van der Waals surface area contributed by atoms with E-state index in [-0.39, 0.29) is 5.91 Å². The number of nitrogens with zero attached hydrogens (tertiary/aromatic N) is 5. The number of amides is 1. The topological polar surface area (TPSA) is 112 Å². The normalized spacial score (nSPS) is 10.7. The molecule has 9 heteroatoms. The van der Waals surface area contributed by atoms with E-state index in [0.717, 1.165) is 33.7 Å². The second kappa shape index (κ2) is 7.55. The molecule has 0 bridgehead atoms. The van der Waals surface area contributed by atoms with E-state index in [1.807, 2.05) is 49.2 Å². The minimum atomic E-state index is -0.112. The minimum absolute atomic E-state index is 0.112. The highest BCUT2D eigenvalue weighted by Crippen LogP contribution is 2.26. The first-order chi connectivity index (χ1) is 14.0. The van der Waals surface area contributed by atoms with Crippen molar-refractivity contribution in [1.29, 1.82) is 0 Å². The monoisotopic (exact) mass is 388 g/mol. The van der Waals surface area contributed by atoms with Crippen molar-refractivity contribution in [2.45, 2.75) is 13.8 Å². The number of aromatic amines is 1. The lowest BCUT2D eigenvalue weighted by Gasteiger charge is -2.17. The van der Waals surface area contributed by atoms with Crippen LogP contribution >= 0.6 is 0 Å². The molecule has 29 heavy (non-hydrogen) atoms. The van der Waals surface area contributed by atoms with Crippen LogP contribution in [0.1, 0.15) is 12.6 Å². The molecule has 0 saturated heterocycles. The lowest BCUT2D eigenvalue weighted by atomic mass is 10.2. The van der Waals surface area contributed by atoms with Crippen LogP contribution in [0.25, 0.3) is 10.9 Å². The highest BCUT2D eigenvalue weighted by molar-refractivity contribution is 5.89. The molecule has 0 spiro atoms. The zero-order valence-electron chi connectivity index (χ0n) is 16.3. The van der Waals surface area contributed by atoms with Crippen molar-refractivity contribution in [2.24, 2.45) is 0 Å². The SMILES string of the molecule is CC(=O)Nc1ccc(Nc2ncnc(N(C)c3ccc4c(C)n[nH]c4c3)n2)cc1. The second-order valence-electron chi connectivity index (χ2n) is 6.59. The number of fused-ring (bicyclic) bond motifs is 1. The lowest BCUT2D eigenvalue weighted by Crippen LogP contribution is -2.14. The minimum Gasteiger partial charge on any atom is -0.326 e. The molecular weight excluding hydrogens is 368 g/mol. The van der Waals surface area contributed by atoms with E-state index in [9.17, 15) is 4.79 Å². The van der Waals surface area contributed by atoms with Crippen LogP contribution in [0, 0.1) is 6.92 Å². The molecule has 4 aromatic rings. The van der Waals surface area contributed by atoms with Gasteiger partial charge in [-0.1, -0.05) is 0 Å². The Labute approximate surface area is 167 Å². The third-order valence-electron chi connectivity index (χ3n) is 4.44. The van der Waals surface area contributed by atoms with E-state index in [4.69, 9.17) is 0 Å². The number of hydrogen-bond donors (Lipinski definition) is 3. The molecule has 0 saturated carbocycles. The van der Waals surface area contributed by atoms with Crippen LogP contribution < -0.4 is 15.5 Å². The number of anilines is 5. The van der Waals surface area contributed by atoms with Crippen molar-refractivity contribution in [3.05, 3.63) is 54.5 Å². The van der Waals surface area contributed by atoms with Crippen molar-refractivity contribution in [2.75, 3.05) is 22.6 Å². The molecule has 2 aromatic heterocycles. The van der Waals surface area contributed by atoms with Gasteiger partial charge < -0.3 is 15.5 Å². The van der Waals surface area contributed by atoms with E-state index in [0.29, 0.717) is 11.9 Å². The molecule has 0 aliphatic rings. The molecule has 146 valence electrons. The maximum atomic E-state index is 11.1. The summed E-state index contributed by atoms with van der Waals surface area (Å²) in [6.45, 7) is 3.44. The van der Waals surface area contributed by atoms with Gasteiger partial charge in [-0.3, -0.25) is 9.89 Å². The smallest absolute Gasteiger partial charge is 0.234 e. The molecule has 9 nitrogen and oxygen atoms in total. The molecule has 3 N–H and O–H groups in total. The molecule has 2 aromatic carbocycles. The number of nitrogens with one attached hydrogen (secondary N) is 3. The maximum absolute atomic E-state index is 11.1. The highest BCUT2D eigenvalue weighted by atomic mass is 16.1. The maximum Gasteiger partial charge on any atom is 0.234 e. The fourth-order valence-electron chi connectivity index (χ4n) is 2.95. The summed E-state index contributed by atoms with van der Waals surface area (Å²) in [6.07, 6.45) is 1.46. The number of H-pyrrole nitrogens is 1. The molecule has 0 aliphatic carbocycles. The van der Waals surface area contributed by atoms with Crippen LogP contribution in [0.4, 0.5) is 29.0 Å². The molecule has 0 aliphatic heterocycles. The molecule has 0 atom stereocenters. The molecule has 2 heterocycles.